The molecule has 3 N–H and O–H groups in total. The van der Waals surface area contributed by atoms with Crippen LogP contribution in [0.3, 0.4) is 0 Å². The van der Waals surface area contributed by atoms with Gasteiger partial charge in [-0.05, 0) is 57.5 Å². The number of ether oxygens (including phenoxy) is 1. The molecule has 1 heterocycles. The Morgan fingerprint density at radius 2 is 1.93 bits per heavy atom. The molecule has 10 heteroatoms. The molecule has 172 valence electrons. The zero-order valence-corrected chi connectivity index (χ0v) is 21.3. The highest BCUT2D eigenvalue weighted by atomic mass is 127. The standard InChI is InChI=1S/C20H35N5O3S.HI/c1-4-21-20(22-11-12-24-29(26,27)5-2)23-16-19(25-13-6-7-14-25)17-9-8-10-18(15-17)28-3;/h8-10,15,19,24H,4-7,11-14,16H2,1-3H3,(H2,21,22,23);1H. The van der Waals surface area contributed by atoms with E-state index in [1.165, 1.54) is 18.4 Å². The maximum absolute atomic E-state index is 11.5. The lowest BCUT2D eigenvalue weighted by atomic mass is 10.1. The molecule has 1 atom stereocenters. The van der Waals surface area contributed by atoms with Crippen molar-refractivity contribution in [1.29, 1.82) is 0 Å². The van der Waals surface area contributed by atoms with Gasteiger partial charge in [0, 0.05) is 19.6 Å². The molecular formula is C20H36IN5O3S. The van der Waals surface area contributed by atoms with E-state index in [9.17, 15) is 8.42 Å². The lowest BCUT2D eigenvalue weighted by Crippen LogP contribution is -2.42. The number of hydrogen-bond donors (Lipinski definition) is 3. The Labute approximate surface area is 198 Å². The van der Waals surface area contributed by atoms with E-state index in [4.69, 9.17) is 9.73 Å². The van der Waals surface area contributed by atoms with Crippen LogP contribution in [0.25, 0.3) is 0 Å². The van der Waals surface area contributed by atoms with Crippen molar-refractivity contribution in [2.24, 2.45) is 4.99 Å². The maximum atomic E-state index is 11.5. The summed E-state index contributed by atoms with van der Waals surface area (Å²) in [5.74, 6) is 1.62. The highest BCUT2D eigenvalue weighted by Gasteiger charge is 2.23. The van der Waals surface area contributed by atoms with E-state index in [1.807, 2.05) is 19.1 Å². The molecule has 0 aliphatic carbocycles. The van der Waals surface area contributed by atoms with Gasteiger partial charge in [0.15, 0.2) is 5.96 Å². The molecule has 1 fully saturated rings. The number of halogens is 1. The number of benzene rings is 1. The molecule has 0 spiro atoms. The number of guanidine groups is 1. The van der Waals surface area contributed by atoms with Gasteiger partial charge in [0.2, 0.25) is 10.0 Å². The van der Waals surface area contributed by atoms with Crippen molar-refractivity contribution in [3.05, 3.63) is 29.8 Å². The second-order valence-electron chi connectivity index (χ2n) is 6.98. The molecule has 1 unspecified atom stereocenters. The monoisotopic (exact) mass is 553 g/mol. The summed E-state index contributed by atoms with van der Waals surface area (Å²) in [6.45, 7) is 7.92. The summed E-state index contributed by atoms with van der Waals surface area (Å²) in [7, 11) is -1.50. The summed E-state index contributed by atoms with van der Waals surface area (Å²) >= 11 is 0. The lowest BCUT2D eigenvalue weighted by molar-refractivity contribution is 0.251. The van der Waals surface area contributed by atoms with Gasteiger partial charge in [-0.15, -0.1) is 24.0 Å². The fraction of sp³-hybridized carbons (Fsp3) is 0.650. The van der Waals surface area contributed by atoms with Crippen molar-refractivity contribution >= 4 is 40.0 Å². The van der Waals surface area contributed by atoms with Crippen LogP contribution in [0.15, 0.2) is 29.3 Å². The van der Waals surface area contributed by atoms with Gasteiger partial charge in [-0.3, -0.25) is 9.89 Å². The SMILES string of the molecule is CCNC(=NCC(c1cccc(OC)c1)N1CCCC1)NCCNS(=O)(=O)CC.I. The Balaban J connectivity index is 0.00000450. The predicted octanol–water partition coefficient (Wildman–Crippen LogP) is 1.94. The summed E-state index contributed by atoms with van der Waals surface area (Å²) in [6.07, 6.45) is 2.42. The van der Waals surface area contributed by atoms with Crippen molar-refractivity contribution < 1.29 is 13.2 Å². The quantitative estimate of drug-likeness (QED) is 0.168. The zero-order valence-electron chi connectivity index (χ0n) is 18.2. The molecule has 0 saturated carbocycles. The first kappa shape index (κ1) is 26.9. The van der Waals surface area contributed by atoms with E-state index in [0.717, 1.165) is 25.4 Å². The number of aliphatic imine (C=N–C) groups is 1. The third-order valence-electron chi connectivity index (χ3n) is 4.95. The van der Waals surface area contributed by atoms with E-state index in [1.54, 1.807) is 14.0 Å². The zero-order chi connectivity index (χ0) is 21.1. The van der Waals surface area contributed by atoms with Gasteiger partial charge in [0.1, 0.15) is 5.75 Å². The number of sulfonamides is 1. The molecule has 1 aliphatic heterocycles. The minimum Gasteiger partial charge on any atom is -0.497 e. The second kappa shape index (κ2) is 14.0. The van der Waals surface area contributed by atoms with Crippen LogP contribution in [0, 0.1) is 0 Å². The molecule has 2 rings (SSSR count). The molecule has 1 aliphatic rings. The lowest BCUT2D eigenvalue weighted by Gasteiger charge is -2.27. The van der Waals surface area contributed by atoms with Gasteiger partial charge in [-0.2, -0.15) is 0 Å². The second-order valence-corrected chi connectivity index (χ2v) is 9.08. The van der Waals surface area contributed by atoms with Gasteiger partial charge < -0.3 is 15.4 Å². The average Bonchev–Trinajstić information content (AvgIpc) is 3.26. The van der Waals surface area contributed by atoms with Crippen LogP contribution < -0.4 is 20.1 Å². The van der Waals surface area contributed by atoms with E-state index in [0.29, 0.717) is 25.6 Å². The fourth-order valence-electron chi connectivity index (χ4n) is 3.34. The van der Waals surface area contributed by atoms with Crippen LogP contribution in [0.5, 0.6) is 5.75 Å². The average molecular weight is 554 g/mol. The molecule has 1 aromatic carbocycles. The summed E-state index contributed by atoms with van der Waals surface area (Å²) in [5, 5.41) is 6.44. The molecule has 1 saturated heterocycles. The number of methoxy groups -OCH3 is 1. The molecule has 30 heavy (non-hydrogen) atoms. The smallest absolute Gasteiger partial charge is 0.211 e. The number of likely N-dealkylation sites (tertiary alicyclic amines) is 1. The minimum absolute atomic E-state index is 0. The highest BCUT2D eigenvalue weighted by molar-refractivity contribution is 14.0. The van der Waals surface area contributed by atoms with Gasteiger partial charge in [0.25, 0.3) is 0 Å². The van der Waals surface area contributed by atoms with E-state index < -0.39 is 10.0 Å². The number of nitrogens with one attached hydrogen (secondary N) is 3. The first-order valence-corrected chi connectivity index (χ1v) is 12.0. The number of nitrogens with zero attached hydrogens (tertiary/aromatic N) is 2. The van der Waals surface area contributed by atoms with Crippen LogP contribution >= 0.6 is 24.0 Å². The molecule has 0 bridgehead atoms. The van der Waals surface area contributed by atoms with Gasteiger partial charge in [0.05, 0.1) is 25.4 Å². The van der Waals surface area contributed by atoms with Crippen LogP contribution in [0.1, 0.15) is 38.3 Å². The van der Waals surface area contributed by atoms with E-state index in [2.05, 4.69) is 32.4 Å². The number of hydrogen-bond acceptors (Lipinski definition) is 5. The van der Waals surface area contributed by atoms with Crippen molar-refractivity contribution in [3.63, 3.8) is 0 Å². The minimum atomic E-state index is -3.18. The first-order valence-electron chi connectivity index (χ1n) is 10.4. The summed E-state index contributed by atoms with van der Waals surface area (Å²) in [6, 6.07) is 8.36. The normalized spacial score (nSPS) is 16.0. The topological polar surface area (TPSA) is 95.1 Å². The fourth-order valence-corrected chi connectivity index (χ4v) is 3.96. The maximum Gasteiger partial charge on any atom is 0.211 e. The molecule has 0 amide bonds. The molecule has 0 aromatic heterocycles. The third kappa shape index (κ3) is 8.94. The van der Waals surface area contributed by atoms with Crippen LogP contribution in [-0.4, -0.2) is 71.4 Å². The summed E-state index contributed by atoms with van der Waals surface area (Å²) in [5.41, 5.74) is 1.20. The van der Waals surface area contributed by atoms with Crippen LogP contribution in [0.4, 0.5) is 0 Å². The largest absolute Gasteiger partial charge is 0.497 e. The molecule has 8 nitrogen and oxygen atoms in total. The van der Waals surface area contributed by atoms with E-state index in [-0.39, 0.29) is 35.8 Å². The Bertz CT molecular complexity index is 755. The van der Waals surface area contributed by atoms with Crippen molar-refractivity contribution in [3.8, 4) is 5.75 Å². The van der Waals surface area contributed by atoms with E-state index >= 15 is 0 Å². The van der Waals surface area contributed by atoms with Crippen molar-refractivity contribution in [2.75, 3.05) is 52.1 Å². The molecular weight excluding hydrogens is 517 g/mol. The van der Waals surface area contributed by atoms with Crippen LogP contribution in [0.2, 0.25) is 0 Å². The first-order chi connectivity index (χ1) is 14.0. The molecule has 1 aromatic rings. The Morgan fingerprint density at radius 3 is 2.57 bits per heavy atom. The Hall–Kier alpha value is -1.11. The van der Waals surface area contributed by atoms with Gasteiger partial charge in [-0.1, -0.05) is 12.1 Å². The van der Waals surface area contributed by atoms with Crippen molar-refractivity contribution in [2.45, 2.75) is 32.7 Å². The summed E-state index contributed by atoms with van der Waals surface area (Å²) < 4.78 is 31.0. The Morgan fingerprint density at radius 1 is 1.20 bits per heavy atom. The number of rotatable bonds is 11. The third-order valence-corrected chi connectivity index (χ3v) is 6.35. The Kier molecular flexibility index (Phi) is 12.6. The van der Waals surface area contributed by atoms with Crippen LogP contribution in [-0.2, 0) is 10.0 Å². The summed E-state index contributed by atoms with van der Waals surface area (Å²) in [4.78, 5) is 7.25. The highest BCUT2D eigenvalue weighted by Crippen LogP contribution is 2.27. The van der Waals surface area contributed by atoms with Gasteiger partial charge >= 0.3 is 0 Å². The predicted molar refractivity (Wildman–Crippen MR) is 133 cm³/mol. The molecule has 0 radical (unpaired) electrons. The van der Waals surface area contributed by atoms with Crippen molar-refractivity contribution in [1.82, 2.24) is 20.3 Å². The van der Waals surface area contributed by atoms with Gasteiger partial charge in [-0.25, -0.2) is 13.1 Å².